The summed E-state index contributed by atoms with van der Waals surface area (Å²) in [5.41, 5.74) is 7.99. The van der Waals surface area contributed by atoms with E-state index in [4.69, 9.17) is 25.8 Å². The number of anilines is 2. The highest BCUT2D eigenvalue weighted by Gasteiger charge is 2.35. The van der Waals surface area contributed by atoms with Gasteiger partial charge >= 0.3 is 0 Å². The van der Waals surface area contributed by atoms with Crippen LogP contribution in [-0.4, -0.2) is 31.6 Å². The van der Waals surface area contributed by atoms with Gasteiger partial charge in [0, 0.05) is 29.7 Å². The van der Waals surface area contributed by atoms with Gasteiger partial charge in [0.15, 0.2) is 11.5 Å². The number of benzene rings is 3. The molecule has 1 atom stereocenters. The van der Waals surface area contributed by atoms with Gasteiger partial charge in [-0.05, 0) is 67.9 Å². The minimum absolute atomic E-state index is 0.0925. The smallest absolute Gasteiger partial charge is 0.243 e. The Labute approximate surface area is 221 Å². The Bertz CT molecular complexity index is 1220. The molecule has 0 bridgehead atoms. The molecule has 8 nitrogen and oxygen atoms in total. The van der Waals surface area contributed by atoms with Gasteiger partial charge in [0.1, 0.15) is 12.4 Å². The highest BCUT2D eigenvalue weighted by atomic mass is 35.5. The zero-order chi connectivity index (χ0) is 26.2. The summed E-state index contributed by atoms with van der Waals surface area (Å²) in [6.45, 7) is 5.50. The van der Waals surface area contributed by atoms with Crippen molar-refractivity contribution in [2.75, 3.05) is 30.1 Å². The van der Waals surface area contributed by atoms with Crippen molar-refractivity contribution in [2.45, 2.75) is 26.9 Å². The molecule has 37 heavy (non-hydrogen) atoms. The van der Waals surface area contributed by atoms with Gasteiger partial charge in [-0.2, -0.15) is 0 Å². The number of hydrazine groups is 1. The molecule has 0 aliphatic carbocycles. The van der Waals surface area contributed by atoms with E-state index in [0.717, 1.165) is 17.0 Å². The molecule has 9 heteroatoms. The Morgan fingerprint density at radius 2 is 1.68 bits per heavy atom. The molecule has 1 saturated heterocycles. The van der Waals surface area contributed by atoms with E-state index in [1.165, 1.54) is 0 Å². The molecule has 1 heterocycles. The van der Waals surface area contributed by atoms with E-state index < -0.39 is 5.92 Å². The number of carbonyl (C=O) groups excluding carboxylic acids is 2. The standard InChI is InChI=1S/C28H30ClN3O5/c1-3-35-24-12-10-23(11-13-24)32-17-20(15-27(32)33)28(34)31-30-22-9-14-25(26(16-22)36-4-2)37-18-19-5-7-21(29)8-6-19/h5-14,16,20,30H,3-4,15,17-18H2,1-2H3,(H,31,34)/t20-/m0/s1. The van der Waals surface area contributed by atoms with Crippen molar-refractivity contribution in [2.24, 2.45) is 5.92 Å². The average molecular weight is 524 g/mol. The number of nitrogens with one attached hydrogen (secondary N) is 2. The van der Waals surface area contributed by atoms with Crippen molar-refractivity contribution in [3.63, 3.8) is 0 Å². The number of ether oxygens (including phenoxy) is 3. The molecule has 1 fully saturated rings. The Kier molecular flexibility index (Phi) is 8.74. The summed E-state index contributed by atoms with van der Waals surface area (Å²) in [7, 11) is 0. The first kappa shape index (κ1) is 26.2. The molecule has 3 aromatic rings. The van der Waals surface area contributed by atoms with Crippen LogP contribution in [0.3, 0.4) is 0 Å². The van der Waals surface area contributed by atoms with Crippen LogP contribution < -0.4 is 30.0 Å². The Balaban J connectivity index is 1.33. The lowest BCUT2D eigenvalue weighted by Crippen LogP contribution is -2.36. The summed E-state index contributed by atoms with van der Waals surface area (Å²) in [5, 5.41) is 0.669. The fraction of sp³-hybridized carbons (Fsp3) is 0.286. The zero-order valence-corrected chi connectivity index (χ0v) is 21.6. The van der Waals surface area contributed by atoms with Gasteiger partial charge in [0.25, 0.3) is 0 Å². The number of rotatable bonds is 11. The van der Waals surface area contributed by atoms with Crippen LogP contribution in [-0.2, 0) is 16.2 Å². The second-order valence-corrected chi connectivity index (χ2v) is 8.89. The molecule has 3 aromatic carbocycles. The minimum Gasteiger partial charge on any atom is -0.494 e. The van der Waals surface area contributed by atoms with Gasteiger partial charge in [-0.3, -0.25) is 20.4 Å². The topological polar surface area (TPSA) is 89.1 Å². The fourth-order valence-electron chi connectivity index (χ4n) is 3.97. The van der Waals surface area contributed by atoms with Gasteiger partial charge in [0.05, 0.1) is 24.8 Å². The van der Waals surface area contributed by atoms with Gasteiger partial charge in [-0.1, -0.05) is 23.7 Å². The summed E-state index contributed by atoms with van der Waals surface area (Å²) in [6.07, 6.45) is 0.141. The molecular weight excluding hydrogens is 494 g/mol. The van der Waals surface area contributed by atoms with Crippen molar-refractivity contribution in [1.29, 1.82) is 0 Å². The summed E-state index contributed by atoms with van der Waals surface area (Å²) in [4.78, 5) is 27.0. The molecule has 2 amide bonds. The lowest BCUT2D eigenvalue weighted by atomic mass is 10.1. The van der Waals surface area contributed by atoms with Crippen LogP contribution in [0.15, 0.2) is 66.7 Å². The molecule has 2 N–H and O–H groups in total. The van der Waals surface area contributed by atoms with Crippen LogP contribution in [0.1, 0.15) is 25.8 Å². The van der Waals surface area contributed by atoms with Crippen LogP contribution in [0.2, 0.25) is 5.02 Å². The number of hydrogen-bond donors (Lipinski definition) is 2. The Morgan fingerprint density at radius 3 is 2.38 bits per heavy atom. The van der Waals surface area contributed by atoms with E-state index in [2.05, 4.69) is 10.9 Å². The third kappa shape index (κ3) is 6.86. The molecule has 0 radical (unpaired) electrons. The molecule has 0 saturated carbocycles. The maximum atomic E-state index is 12.8. The van der Waals surface area contributed by atoms with Crippen molar-refractivity contribution >= 4 is 34.8 Å². The van der Waals surface area contributed by atoms with Crippen LogP contribution in [0.5, 0.6) is 17.2 Å². The SMILES string of the molecule is CCOc1ccc(N2C[C@@H](C(=O)NNc3ccc(OCc4ccc(Cl)cc4)c(OCC)c3)CC2=O)cc1. The maximum absolute atomic E-state index is 12.8. The molecule has 0 unspecified atom stereocenters. The lowest BCUT2D eigenvalue weighted by Gasteiger charge is -2.18. The molecule has 4 rings (SSSR count). The Morgan fingerprint density at radius 1 is 0.946 bits per heavy atom. The highest BCUT2D eigenvalue weighted by molar-refractivity contribution is 6.30. The molecule has 1 aliphatic heterocycles. The fourth-order valence-corrected chi connectivity index (χ4v) is 4.10. The molecule has 194 valence electrons. The minimum atomic E-state index is -0.472. The highest BCUT2D eigenvalue weighted by Crippen LogP contribution is 2.31. The van der Waals surface area contributed by atoms with Crippen LogP contribution >= 0.6 is 11.6 Å². The first-order valence-electron chi connectivity index (χ1n) is 12.2. The summed E-state index contributed by atoms with van der Waals surface area (Å²) in [6, 6.07) is 20.0. The van der Waals surface area contributed by atoms with E-state index in [1.807, 2.05) is 62.4 Å². The molecular formula is C28H30ClN3O5. The number of halogens is 1. The van der Waals surface area contributed by atoms with E-state index in [0.29, 0.717) is 48.6 Å². The summed E-state index contributed by atoms with van der Waals surface area (Å²) in [5.74, 6) is 1.05. The number of carbonyl (C=O) groups is 2. The van der Waals surface area contributed by atoms with Gasteiger partial charge in [-0.25, -0.2) is 0 Å². The first-order valence-corrected chi connectivity index (χ1v) is 12.6. The maximum Gasteiger partial charge on any atom is 0.243 e. The van der Waals surface area contributed by atoms with Gasteiger partial charge in [-0.15, -0.1) is 0 Å². The third-order valence-electron chi connectivity index (χ3n) is 5.84. The largest absolute Gasteiger partial charge is 0.494 e. The average Bonchev–Trinajstić information content (AvgIpc) is 3.30. The Hall–Kier alpha value is -3.91. The normalized spacial score (nSPS) is 14.8. The quantitative estimate of drug-likeness (QED) is 0.335. The summed E-state index contributed by atoms with van der Waals surface area (Å²) >= 11 is 5.94. The number of hydrogen-bond acceptors (Lipinski definition) is 6. The van der Waals surface area contributed by atoms with E-state index in [1.54, 1.807) is 23.1 Å². The lowest BCUT2D eigenvalue weighted by molar-refractivity contribution is -0.125. The van der Waals surface area contributed by atoms with Gasteiger partial charge < -0.3 is 19.1 Å². The zero-order valence-electron chi connectivity index (χ0n) is 20.8. The van der Waals surface area contributed by atoms with Crippen LogP contribution in [0.25, 0.3) is 0 Å². The number of amides is 2. The van der Waals surface area contributed by atoms with Crippen molar-refractivity contribution in [3.05, 3.63) is 77.3 Å². The molecule has 0 spiro atoms. The molecule has 0 aromatic heterocycles. The monoisotopic (exact) mass is 523 g/mol. The predicted octanol–water partition coefficient (Wildman–Crippen LogP) is 5.21. The second kappa shape index (κ2) is 12.4. The third-order valence-corrected chi connectivity index (χ3v) is 6.09. The van der Waals surface area contributed by atoms with Crippen LogP contribution in [0, 0.1) is 5.92 Å². The summed E-state index contributed by atoms with van der Waals surface area (Å²) < 4.78 is 17.1. The van der Waals surface area contributed by atoms with Crippen molar-refractivity contribution in [1.82, 2.24) is 5.43 Å². The van der Waals surface area contributed by atoms with Gasteiger partial charge in [0.2, 0.25) is 11.8 Å². The predicted molar refractivity (Wildman–Crippen MR) is 143 cm³/mol. The van der Waals surface area contributed by atoms with Crippen LogP contribution in [0.4, 0.5) is 11.4 Å². The molecule has 1 aliphatic rings. The van der Waals surface area contributed by atoms with E-state index in [-0.39, 0.29) is 18.2 Å². The number of nitrogens with zero attached hydrogens (tertiary/aromatic N) is 1. The first-order chi connectivity index (χ1) is 18.0. The van der Waals surface area contributed by atoms with Crippen molar-refractivity contribution in [3.8, 4) is 17.2 Å². The van der Waals surface area contributed by atoms with Crippen molar-refractivity contribution < 1.29 is 23.8 Å². The van der Waals surface area contributed by atoms with E-state index >= 15 is 0 Å². The van der Waals surface area contributed by atoms with E-state index in [9.17, 15) is 9.59 Å². The second-order valence-electron chi connectivity index (χ2n) is 8.46.